The van der Waals surface area contributed by atoms with Gasteiger partial charge in [0.2, 0.25) is 5.91 Å². The molecule has 0 radical (unpaired) electrons. The quantitative estimate of drug-likeness (QED) is 0.677. The van der Waals surface area contributed by atoms with Gasteiger partial charge in [0.25, 0.3) is 5.24 Å². The molecule has 2 aromatic carbocycles. The van der Waals surface area contributed by atoms with Crippen molar-refractivity contribution in [3.05, 3.63) is 58.1 Å². The number of nitrogens with zero attached hydrogens (tertiary/aromatic N) is 1. The highest BCUT2D eigenvalue weighted by atomic mass is 79.9. The van der Waals surface area contributed by atoms with Gasteiger partial charge in [-0.2, -0.15) is 0 Å². The van der Waals surface area contributed by atoms with Crippen LogP contribution in [0.1, 0.15) is 11.1 Å². The molecule has 26 heavy (non-hydrogen) atoms. The molecule has 5 nitrogen and oxygen atoms in total. The predicted octanol–water partition coefficient (Wildman–Crippen LogP) is 4.27. The third-order valence-corrected chi connectivity index (χ3v) is 5.84. The highest BCUT2D eigenvalue weighted by Gasteiger charge is 2.39. The van der Waals surface area contributed by atoms with Gasteiger partial charge in [-0.25, -0.2) is 0 Å². The molecule has 1 heterocycles. The van der Waals surface area contributed by atoms with Crippen LogP contribution in [-0.4, -0.2) is 35.5 Å². The summed E-state index contributed by atoms with van der Waals surface area (Å²) in [6.45, 7) is 0.297. The van der Waals surface area contributed by atoms with E-state index >= 15 is 0 Å². The molecule has 1 fully saturated rings. The molecule has 1 atom stereocenters. The molecule has 0 aliphatic carbocycles. The summed E-state index contributed by atoms with van der Waals surface area (Å²) in [6, 6.07) is 13.1. The molecule has 0 bridgehead atoms. The van der Waals surface area contributed by atoms with E-state index in [9.17, 15) is 9.59 Å². The highest BCUT2D eigenvalue weighted by Crippen LogP contribution is 2.37. The van der Waals surface area contributed by atoms with Gasteiger partial charge in [0, 0.05) is 6.07 Å². The molecule has 1 aliphatic heterocycles. The first kappa shape index (κ1) is 18.8. The normalized spacial score (nSPS) is 16.9. The van der Waals surface area contributed by atoms with Crippen molar-refractivity contribution in [1.29, 1.82) is 0 Å². The molecule has 2 amide bonds. The van der Waals surface area contributed by atoms with E-state index in [-0.39, 0.29) is 11.1 Å². The summed E-state index contributed by atoms with van der Waals surface area (Å²) in [7, 11) is 3.15. The van der Waals surface area contributed by atoms with E-state index in [1.54, 1.807) is 20.3 Å². The smallest absolute Gasteiger partial charge is 0.289 e. The molecule has 0 N–H and O–H groups in total. The van der Waals surface area contributed by atoms with Crippen LogP contribution in [0.25, 0.3) is 0 Å². The number of imide groups is 1. The largest absolute Gasteiger partial charge is 0.496 e. The maximum atomic E-state index is 12.7. The van der Waals surface area contributed by atoms with Crippen LogP contribution in [0.3, 0.4) is 0 Å². The Kier molecular flexibility index (Phi) is 5.88. The fraction of sp³-hybridized carbons (Fsp3) is 0.263. The Hall–Kier alpha value is -1.99. The van der Waals surface area contributed by atoms with Gasteiger partial charge in [0.05, 0.1) is 30.5 Å². The van der Waals surface area contributed by atoms with E-state index < -0.39 is 5.25 Å². The third-order valence-electron chi connectivity index (χ3n) is 4.15. The van der Waals surface area contributed by atoms with Crippen LogP contribution in [0.4, 0.5) is 4.79 Å². The van der Waals surface area contributed by atoms with E-state index in [2.05, 4.69) is 15.9 Å². The topological polar surface area (TPSA) is 55.8 Å². The van der Waals surface area contributed by atoms with Gasteiger partial charge >= 0.3 is 0 Å². The van der Waals surface area contributed by atoms with Gasteiger partial charge in [-0.15, -0.1) is 0 Å². The molecule has 7 heteroatoms. The summed E-state index contributed by atoms with van der Waals surface area (Å²) in [5.41, 5.74) is 1.78. The van der Waals surface area contributed by atoms with Crippen LogP contribution in [0, 0.1) is 0 Å². The van der Waals surface area contributed by atoms with Crippen molar-refractivity contribution in [2.24, 2.45) is 0 Å². The van der Waals surface area contributed by atoms with E-state index in [1.807, 2.05) is 36.4 Å². The van der Waals surface area contributed by atoms with Gasteiger partial charge in [-0.1, -0.05) is 42.1 Å². The minimum absolute atomic E-state index is 0.169. The summed E-state index contributed by atoms with van der Waals surface area (Å²) in [5, 5.41) is -0.671. The number of ether oxygens (including phenoxy) is 2. The second kappa shape index (κ2) is 8.14. The van der Waals surface area contributed by atoms with Crippen LogP contribution in [0.5, 0.6) is 11.5 Å². The lowest BCUT2D eigenvalue weighted by Gasteiger charge is -2.15. The minimum Gasteiger partial charge on any atom is -0.496 e. The van der Waals surface area contributed by atoms with Crippen molar-refractivity contribution in [2.45, 2.75) is 18.2 Å². The fourth-order valence-electron chi connectivity index (χ4n) is 2.82. The number of thioether (sulfide) groups is 1. The van der Waals surface area contributed by atoms with Crippen molar-refractivity contribution in [3.8, 4) is 11.5 Å². The van der Waals surface area contributed by atoms with E-state index in [1.165, 1.54) is 4.90 Å². The predicted molar refractivity (Wildman–Crippen MR) is 105 cm³/mol. The summed E-state index contributed by atoms with van der Waals surface area (Å²) < 4.78 is 11.5. The van der Waals surface area contributed by atoms with E-state index in [0.717, 1.165) is 27.4 Å². The number of hydrogen-bond donors (Lipinski definition) is 0. The molecule has 2 aromatic rings. The first-order valence-corrected chi connectivity index (χ1v) is 9.67. The van der Waals surface area contributed by atoms with Gasteiger partial charge in [0.15, 0.2) is 0 Å². The summed E-state index contributed by atoms with van der Waals surface area (Å²) >= 11 is 4.52. The van der Waals surface area contributed by atoms with Crippen molar-refractivity contribution >= 4 is 38.8 Å². The SMILES string of the molecule is COc1cc(OC)c(C[C@H]2SC(=O)N(Cc3ccccc3)C2=O)cc1Br. The molecular formula is C19H18BrNO4S. The maximum Gasteiger partial charge on any atom is 0.289 e. The monoisotopic (exact) mass is 435 g/mol. The van der Waals surface area contributed by atoms with Crippen LogP contribution < -0.4 is 9.47 Å². The summed E-state index contributed by atoms with van der Waals surface area (Å²) in [5.74, 6) is 1.11. The number of amides is 2. The molecule has 0 saturated carbocycles. The van der Waals surface area contributed by atoms with Gasteiger partial charge in [0.1, 0.15) is 11.5 Å². The maximum absolute atomic E-state index is 12.7. The Morgan fingerprint density at radius 1 is 1.08 bits per heavy atom. The van der Waals surface area contributed by atoms with Crippen LogP contribution in [0.15, 0.2) is 46.9 Å². The number of hydrogen-bond acceptors (Lipinski definition) is 5. The lowest BCUT2D eigenvalue weighted by atomic mass is 10.1. The highest BCUT2D eigenvalue weighted by molar-refractivity contribution is 9.10. The number of carbonyl (C=O) groups excluding carboxylic acids is 2. The Balaban J connectivity index is 1.78. The molecule has 136 valence electrons. The molecule has 0 spiro atoms. The molecule has 0 aromatic heterocycles. The number of rotatable bonds is 6. The standard InChI is InChI=1S/C19H18BrNO4S/c1-24-15-10-16(25-2)14(20)8-13(15)9-17-18(22)21(19(23)26-17)11-12-6-4-3-5-7-12/h3-8,10,17H,9,11H2,1-2H3/t17-/m1/s1. The Bertz CT molecular complexity index is 828. The van der Waals surface area contributed by atoms with Gasteiger partial charge in [-0.3, -0.25) is 14.5 Å². The van der Waals surface area contributed by atoms with Crippen molar-refractivity contribution in [3.63, 3.8) is 0 Å². The average Bonchev–Trinajstić information content (AvgIpc) is 2.90. The lowest BCUT2D eigenvalue weighted by Crippen LogP contribution is -2.31. The molecule has 1 saturated heterocycles. The fourth-order valence-corrected chi connectivity index (χ4v) is 4.39. The van der Waals surface area contributed by atoms with E-state index in [4.69, 9.17) is 9.47 Å². The molecular weight excluding hydrogens is 418 g/mol. The van der Waals surface area contributed by atoms with Crippen LogP contribution >= 0.6 is 27.7 Å². The Morgan fingerprint density at radius 3 is 2.42 bits per heavy atom. The second-order valence-electron chi connectivity index (χ2n) is 5.79. The van der Waals surface area contributed by atoms with Crippen LogP contribution in [-0.2, 0) is 17.8 Å². The number of carbonyl (C=O) groups is 2. The van der Waals surface area contributed by atoms with Gasteiger partial charge < -0.3 is 9.47 Å². The van der Waals surface area contributed by atoms with Crippen molar-refractivity contribution < 1.29 is 19.1 Å². The van der Waals surface area contributed by atoms with Crippen molar-refractivity contribution in [1.82, 2.24) is 4.90 Å². The first-order valence-electron chi connectivity index (χ1n) is 7.99. The van der Waals surface area contributed by atoms with Gasteiger partial charge in [-0.05, 0) is 39.5 Å². The second-order valence-corrected chi connectivity index (χ2v) is 7.79. The van der Waals surface area contributed by atoms with Crippen LogP contribution in [0.2, 0.25) is 0 Å². The zero-order valence-electron chi connectivity index (χ0n) is 14.4. The molecule has 0 unspecified atom stereocenters. The number of halogens is 1. The lowest BCUT2D eigenvalue weighted by molar-refractivity contribution is -0.127. The first-order chi connectivity index (χ1) is 12.5. The van der Waals surface area contributed by atoms with E-state index in [0.29, 0.717) is 24.5 Å². The number of methoxy groups -OCH3 is 2. The zero-order chi connectivity index (χ0) is 18.7. The number of benzene rings is 2. The minimum atomic E-state index is -0.458. The Labute approximate surface area is 164 Å². The van der Waals surface area contributed by atoms with Crippen molar-refractivity contribution in [2.75, 3.05) is 14.2 Å². The Morgan fingerprint density at radius 2 is 1.77 bits per heavy atom. The third kappa shape index (κ3) is 3.88. The summed E-state index contributed by atoms with van der Waals surface area (Å²) in [6.07, 6.45) is 0.409. The zero-order valence-corrected chi connectivity index (χ0v) is 16.8. The summed E-state index contributed by atoms with van der Waals surface area (Å²) in [4.78, 5) is 26.4. The average molecular weight is 436 g/mol. The molecule has 1 aliphatic rings. The molecule has 3 rings (SSSR count).